The van der Waals surface area contributed by atoms with Crippen molar-refractivity contribution in [3.05, 3.63) is 65.6 Å². The van der Waals surface area contributed by atoms with E-state index in [1.54, 1.807) is 6.07 Å². The van der Waals surface area contributed by atoms with E-state index in [0.29, 0.717) is 6.54 Å². The molecular weight excluding hydrogens is 251 g/mol. The number of hydrogen-bond acceptors (Lipinski definition) is 1. The summed E-state index contributed by atoms with van der Waals surface area (Å²) in [4.78, 5) is 0. The highest BCUT2D eigenvalue weighted by molar-refractivity contribution is 5.83. The maximum atomic E-state index is 13.5. The maximum absolute atomic E-state index is 13.5. The highest BCUT2D eigenvalue weighted by atomic mass is 19.1. The van der Waals surface area contributed by atoms with Gasteiger partial charge >= 0.3 is 0 Å². The van der Waals surface area contributed by atoms with Crippen LogP contribution < -0.4 is 5.73 Å². The Bertz CT molecular complexity index is 759. The average molecular weight is 268 g/mol. The molecular formula is C17H17FN2. The van der Waals surface area contributed by atoms with Crippen molar-refractivity contribution in [2.75, 3.05) is 5.73 Å². The van der Waals surface area contributed by atoms with E-state index in [0.717, 1.165) is 12.0 Å². The van der Waals surface area contributed by atoms with E-state index in [9.17, 15) is 4.39 Å². The van der Waals surface area contributed by atoms with Gasteiger partial charge in [0.15, 0.2) is 0 Å². The highest BCUT2D eigenvalue weighted by Crippen LogP contribution is 2.22. The smallest absolute Gasteiger partial charge is 0.146 e. The first-order valence-electron chi connectivity index (χ1n) is 6.79. The van der Waals surface area contributed by atoms with Crippen molar-refractivity contribution in [2.24, 2.45) is 0 Å². The minimum absolute atomic E-state index is 0.195. The Morgan fingerprint density at radius 3 is 2.75 bits per heavy atom. The van der Waals surface area contributed by atoms with Gasteiger partial charge in [-0.2, -0.15) is 0 Å². The minimum Gasteiger partial charge on any atom is -0.396 e. The third-order valence-electron chi connectivity index (χ3n) is 3.67. The first-order valence-corrected chi connectivity index (χ1v) is 6.79. The van der Waals surface area contributed by atoms with Gasteiger partial charge in [0, 0.05) is 12.7 Å². The van der Waals surface area contributed by atoms with Gasteiger partial charge in [0.25, 0.3) is 0 Å². The number of nitrogens with zero attached hydrogens (tertiary/aromatic N) is 1. The number of rotatable bonds is 3. The topological polar surface area (TPSA) is 30.9 Å². The Morgan fingerprint density at radius 1 is 1.15 bits per heavy atom. The lowest BCUT2D eigenvalue weighted by molar-refractivity contribution is 0.628. The molecule has 0 aliphatic heterocycles. The molecule has 0 atom stereocenters. The van der Waals surface area contributed by atoms with Crippen molar-refractivity contribution in [1.82, 2.24) is 4.57 Å². The molecule has 0 saturated carbocycles. The summed E-state index contributed by atoms with van der Waals surface area (Å²) in [7, 11) is 0. The summed E-state index contributed by atoms with van der Waals surface area (Å²) in [6.07, 6.45) is 3.04. The molecule has 3 aromatic rings. The van der Waals surface area contributed by atoms with Gasteiger partial charge in [-0.25, -0.2) is 4.39 Å². The summed E-state index contributed by atoms with van der Waals surface area (Å²) < 4.78 is 15.7. The van der Waals surface area contributed by atoms with Gasteiger partial charge in [-0.05, 0) is 41.1 Å². The van der Waals surface area contributed by atoms with Crippen molar-refractivity contribution in [3.63, 3.8) is 0 Å². The molecule has 2 aromatic carbocycles. The number of halogens is 1. The zero-order chi connectivity index (χ0) is 14.1. The van der Waals surface area contributed by atoms with Crippen LogP contribution in [0, 0.1) is 5.82 Å². The molecule has 2 N–H and O–H groups in total. The lowest BCUT2D eigenvalue weighted by atomic mass is 10.1. The molecule has 0 saturated heterocycles. The lowest BCUT2D eigenvalue weighted by Crippen LogP contribution is -2.01. The van der Waals surface area contributed by atoms with E-state index in [4.69, 9.17) is 5.73 Å². The molecule has 0 amide bonds. The van der Waals surface area contributed by atoms with Crippen molar-refractivity contribution in [2.45, 2.75) is 19.9 Å². The van der Waals surface area contributed by atoms with Crippen LogP contribution in [0.4, 0.5) is 10.1 Å². The molecule has 0 fully saturated rings. The summed E-state index contributed by atoms with van der Waals surface area (Å²) in [5, 5.41) is 1.22. The lowest BCUT2D eigenvalue weighted by Gasteiger charge is -2.09. The van der Waals surface area contributed by atoms with E-state index in [2.05, 4.69) is 42.0 Å². The second-order valence-electron chi connectivity index (χ2n) is 5.01. The molecule has 3 rings (SSSR count). The van der Waals surface area contributed by atoms with Crippen LogP contribution >= 0.6 is 0 Å². The van der Waals surface area contributed by atoms with Crippen LogP contribution in [0.5, 0.6) is 0 Å². The third kappa shape index (κ3) is 2.16. The van der Waals surface area contributed by atoms with E-state index in [1.165, 1.54) is 22.5 Å². The number of aryl methyl sites for hydroxylation is 1. The summed E-state index contributed by atoms with van der Waals surface area (Å²) in [6, 6.07) is 13.4. The fraction of sp³-hybridized carbons (Fsp3) is 0.176. The number of anilines is 1. The Kier molecular flexibility index (Phi) is 3.18. The van der Waals surface area contributed by atoms with Crippen molar-refractivity contribution < 1.29 is 4.39 Å². The average Bonchev–Trinajstić information content (AvgIpc) is 2.86. The number of nitrogen functional groups attached to an aromatic ring is 1. The SMILES string of the molecule is CCc1cccc2ccn(Cc3ccc(N)c(F)c3)c12. The molecule has 0 radical (unpaired) electrons. The summed E-state index contributed by atoms with van der Waals surface area (Å²) in [6.45, 7) is 2.80. The number of hydrogen-bond donors (Lipinski definition) is 1. The molecule has 1 heterocycles. The standard InChI is InChI=1S/C17H17FN2/c1-2-13-4-3-5-14-8-9-20(17(13)14)11-12-6-7-16(19)15(18)10-12/h3-10H,2,11,19H2,1H3. The fourth-order valence-corrected chi connectivity index (χ4v) is 2.62. The van der Waals surface area contributed by atoms with Gasteiger partial charge in [-0.1, -0.05) is 31.2 Å². The van der Waals surface area contributed by atoms with Crippen LogP contribution in [-0.4, -0.2) is 4.57 Å². The van der Waals surface area contributed by atoms with Crippen LogP contribution in [0.2, 0.25) is 0 Å². The number of para-hydroxylation sites is 1. The Labute approximate surface area is 117 Å². The predicted octanol–water partition coefficient (Wildman–Crippen LogP) is 3.97. The largest absolute Gasteiger partial charge is 0.396 e. The molecule has 20 heavy (non-hydrogen) atoms. The predicted molar refractivity (Wildman–Crippen MR) is 81.2 cm³/mol. The quantitative estimate of drug-likeness (QED) is 0.716. The molecule has 0 unspecified atom stereocenters. The molecule has 2 nitrogen and oxygen atoms in total. The minimum atomic E-state index is -0.352. The van der Waals surface area contributed by atoms with Crippen molar-refractivity contribution >= 4 is 16.6 Å². The van der Waals surface area contributed by atoms with Gasteiger partial charge in [-0.15, -0.1) is 0 Å². The molecule has 0 bridgehead atoms. The first-order chi connectivity index (χ1) is 9.69. The highest BCUT2D eigenvalue weighted by Gasteiger charge is 2.07. The molecule has 3 heteroatoms. The zero-order valence-electron chi connectivity index (χ0n) is 11.4. The van der Waals surface area contributed by atoms with Crippen LogP contribution in [0.1, 0.15) is 18.1 Å². The third-order valence-corrected chi connectivity index (χ3v) is 3.67. The molecule has 0 aliphatic carbocycles. The van der Waals surface area contributed by atoms with E-state index in [1.807, 2.05) is 6.07 Å². The van der Waals surface area contributed by atoms with Crippen molar-refractivity contribution in [3.8, 4) is 0 Å². The second-order valence-corrected chi connectivity index (χ2v) is 5.01. The number of benzene rings is 2. The molecule has 0 spiro atoms. The number of fused-ring (bicyclic) bond motifs is 1. The second kappa shape index (κ2) is 5.00. The zero-order valence-corrected chi connectivity index (χ0v) is 11.4. The summed E-state index contributed by atoms with van der Waals surface area (Å²) in [5.74, 6) is -0.352. The molecule has 0 aliphatic rings. The Hall–Kier alpha value is -2.29. The van der Waals surface area contributed by atoms with E-state index < -0.39 is 0 Å². The maximum Gasteiger partial charge on any atom is 0.146 e. The van der Waals surface area contributed by atoms with Gasteiger partial charge in [0.1, 0.15) is 5.82 Å². The number of nitrogens with two attached hydrogens (primary N) is 1. The molecule has 102 valence electrons. The first kappa shape index (κ1) is 12.7. The van der Waals surface area contributed by atoms with Gasteiger partial charge in [0.2, 0.25) is 0 Å². The van der Waals surface area contributed by atoms with Crippen LogP contribution in [0.3, 0.4) is 0 Å². The summed E-state index contributed by atoms with van der Waals surface area (Å²) in [5.41, 5.74) is 9.17. The monoisotopic (exact) mass is 268 g/mol. The van der Waals surface area contributed by atoms with Gasteiger partial charge in [-0.3, -0.25) is 0 Å². The Balaban J connectivity index is 2.04. The van der Waals surface area contributed by atoms with Gasteiger partial charge < -0.3 is 10.3 Å². The number of aromatic nitrogens is 1. The normalized spacial score (nSPS) is 11.1. The summed E-state index contributed by atoms with van der Waals surface area (Å²) >= 11 is 0. The van der Waals surface area contributed by atoms with E-state index >= 15 is 0 Å². The Morgan fingerprint density at radius 2 is 2.00 bits per heavy atom. The molecule has 1 aromatic heterocycles. The van der Waals surface area contributed by atoms with Crippen LogP contribution in [0.25, 0.3) is 10.9 Å². The van der Waals surface area contributed by atoms with Gasteiger partial charge in [0.05, 0.1) is 11.2 Å². The van der Waals surface area contributed by atoms with Crippen LogP contribution in [-0.2, 0) is 13.0 Å². The van der Waals surface area contributed by atoms with Crippen LogP contribution in [0.15, 0.2) is 48.7 Å². The fourth-order valence-electron chi connectivity index (χ4n) is 2.62. The van der Waals surface area contributed by atoms with Crippen molar-refractivity contribution in [1.29, 1.82) is 0 Å². The van der Waals surface area contributed by atoms with E-state index in [-0.39, 0.29) is 11.5 Å².